The lowest BCUT2D eigenvalue weighted by molar-refractivity contribution is 0.183. The average molecular weight is 468 g/mol. The summed E-state index contributed by atoms with van der Waals surface area (Å²) in [5, 5.41) is 22.7. The van der Waals surface area contributed by atoms with Crippen molar-refractivity contribution in [2.24, 2.45) is 5.41 Å². The molecule has 0 radical (unpaired) electrons. The molecule has 0 spiro atoms. The first kappa shape index (κ1) is 22.2. The highest BCUT2D eigenvalue weighted by Gasteiger charge is 2.46. The lowest BCUT2D eigenvalue weighted by Gasteiger charge is -2.36. The number of phenolic OH excluding ortho intramolecular Hbond substituents is 2. The monoisotopic (exact) mass is 467 g/mol. The molecule has 4 heteroatoms. The van der Waals surface area contributed by atoms with Crippen LogP contribution in [-0.2, 0) is 6.42 Å². The largest absolute Gasteiger partial charge is 0.508 e. The van der Waals surface area contributed by atoms with Crippen LogP contribution in [0.4, 0.5) is 0 Å². The van der Waals surface area contributed by atoms with E-state index in [1.54, 1.807) is 12.1 Å². The summed E-state index contributed by atoms with van der Waals surface area (Å²) < 4.78 is 6.09. The van der Waals surface area contributed by atoms with Gasteiger partial charge >= 0.3 is 0 Å². The number of hydrogen-bond donors (Lipinski definition) is 2. The Labute approximate surface area is 206 Å². The van der Waals surface area contributed by atoms with Gasteiger partial charge in [-0.1, -0.05) is 43.7 Å². The van der Waals surface area contributed by atoms with Crippen LogP contribution in [0.5, 0.6) is 17.2 Å². The molecule has 0 aromatic heterocycles. The van der Waals surface area contributed by atoms with Crippen LogP contribution in [0.25, 0.3) is 11.6 Å². The molecule has 0 amide bonds. The molecular weight excluding hydrogens is 434 g/mol. The van der Waals surface area contributed by atoms with Gasteiger partial charge < -0.3 is 14.9 Å². The summed E-state index contributed by atoms with van der Waals surface area (Å²) in [6.07, 6.45) is 7.12. The second-order valence-electron chi connectivity index (χ2n) is 10.5. The number of nitrogens with zero attached hydrogens (tertiary/aromatic N) is 1. The molecule has 1 fully saturated rings. The van der Waals surface area contributed by atoms with Gasteiger partial charge in [0.05, 0.1) is 0 Å². The molecule has 6 rings (SSSR count). The standard InChI is InChI=1S/C31H33NO3/c1-31-20-23-17-24(33)9-12-27(23)29(31)18-22-5-8-25(34)19-28(22)30(31)21-6-10-26(11-7-21)35-16-15-32-13-3-2-4-14-32/h5-12,17-19,29,33-34H,2-4,13-16,20H2,1H3. The number of likely N-dealkylation sites (tertiary alicyclic amines) is 1. The summed E-state index contributed by atoms with van der Waals surface area (Å²) in [6, 6.07) is 19.9. The predicted octanol–water partition coefficient (Wildman–Crippen LogP) is 4.30. The van der Waals surface area contributed by atoms with Crippen molar-refractivity contribution in [1.82, 2.24) is 4.90 Å². The molecule has 0 bridgehead atoms. The van der Waals surface area contributed by atoms with Crippen LogP contribution in [0.3, 0.4) is 0 Å². The molecule has 180 valence electrons. The smallest absolute Gasteiger partial charge is 0.119 e. The maximum Gasteiger partial charge on any atom is 0.119 e. The van der Waals surface area contributed by atoms with E-state index in [-0.39, 0.29) is 17.1 Å². The van der Waals surface area contributed by atoms with Gasteiger partial charge in [-0.15, -0.1) is 0 Å². The molecule has 1 saturated heterocycles. The van der Waals surface area contributed by atoms with Crippen molar-refractivity contribution in [2.75, 3.05) is 26.2 Å². The topological polar surface area (TPSA) is 52.9 Å². The van der Waals surface area contributed by atoms with Crippen molar-refractivity contribution in [2.45, 2.75) is 38.5 Å². The van der Waals surface area contributed by atoms with E-state index >= 15 is 0 Å². The highest BCUT2D eigenvalue weighted by Crippen LogP contribution is 2.55. The highest BCUT2D eigenvalue weighted by molar-refractivity contribution is 5.78. The summed E-state index contributed by atoms with van der Waals surface area (Å²) in [7, 11) is 0. The van der Waals surface area contributed by atoms with Gasteiger partial charge in [-0.3, -0.25) is 4.90 Å². The van der Waals surface area contributed by atoms with E-state index in [2.05, 4.69) is 48.2 Å². The fourth-order valence-electron chi connectivity index (χ4n) is 6.49. The third-order valence-electron chi connectivity index (χ3n) is 8.20. The molecule has 2 unspecified atom stereocenters. The SMILES string of the molecule is CC12Cc3cc(O)ccc3C1C=c1ccc(O)cc1=C2c1ccc(OCCN2CCCCC2)cc1. The molecule has 2 atom stereocenters. The van der Waals surface area contributed by atoms with Crippen LogP contribution >= 0.6 is 0 Å². The first-order chi connectivity index (χ1) is 17.0. The second kappa shape index (κ2) is 8.76. The zero-order chi connectivity index (χ0) is 24.0. The number of rotatable bonds is 5. The summed E-state index contributed by atoms with van der Waals surface area (Å²) in [4.78, 5) is 2.49. The third-order valence-corrected chi connectivity index (χ3v) is 8.20. The zero-order valence-corrected chi connectivity index (χ0v) is 20.3. The van der Waals surface area contributed by atoms with Gasteiger partial charge in [0.2, 0.25) is 0 Å². The van der Waals surface area contributed by atoms with Crippen molar-refractivity contribution >= 4 is 11.6 Å². The van der Waals surface area contributed by atoms with Gasteiger partial charge in [0.15, 0.2) is 0 Å². The van der Waals surface area contributed by atoms with E-state index < -0.39 is 0 Å². The van der Waals surface area contributed by atoms with Crippen LogP contribution in [0.2, 0.25) is 0 Å². The Morgan fingerprint density at radius 1 is 0.914 bits per heavy atom. The second-order valence-corrected chi connectivity index (χ2v) is 10.5. The lowest BCUT2D eigenvalue weighted by Crippen LogP contribution is -2.40. The highest BCUT2D eigenvalue weighted by atomic mass is 16.5. The van der Waals surface area contributed by atoms with Gasteiger partial charge in [-0.05, 0) is 101 Å². The Morgan fingerprint density at radius 3 is 2.46 bits per heavy atom. The van der Waals surface area contributed by atoms with Crippen molar-refractivity contribution in [3.63, 3.8) is 0 Å². The molecule has 1 heterocycles. The maximum atomic E-state index is 10.4. The molecule has 0 saturated carbocycles. The Kier molecular flexibility index (Phi) is 5.57. The minimum Gasteiger partial charge on any atom is -0.508 e. The van der Waals surface area contributed by atoms with Crippen molar-refractivity contribution in [1.29, 1.82) is 0 Å². The molecule has 3 aliphatic rings. The molecular formula is C31H33NO3. The van der Waals surface area contributed by atoms with Gasteiger partial charge in [0, 0.05) is 17.9 Å². The quantitative estimate of drug-likeness (QED) is 0.588. The molecule has 35 heavy (non-hydrogen) atoms. The van der Waals surface area contributed by atoms with Crippen LogP contribution in [0, 0.1) is 5.41 Å². The van der Waals surface area contributed by atoms with E-state index in [1.807, 2.05) is 18.2 Å². The minimum atomic E-state index is -0.173. The maximum absolute atomic E-state index is 10.4. The van der Waals surface area contributed by atoms with Crippen LogP contribution in [0.15, 0.2) is 60.7 Å². The lowest BCUT2D eigenvalue weighted by atomic mass is 9.66. The molecule has 4 nitrogen and oxygen atoms in total. The van der Waals surface area contributed by atoms with E-state index in [0.29, 0.717) is 12.4 Å². The van der Waals surface area contributed by atoms with Crippen molar-refractivity contribution in [3.05, 3.63) is 87.8 Å². The van der Waals surface area contributed by atoms with Gasteiger partial charge in [-0.2, -0.15) is 0 Å². The number of ether oxygens (including phenoxy) is 1. The van der Waals surface area contributed by atoms with Crippen molar-refractivity contribution in [3.8, 4) is 17.2 Å². The Balaban J connectivity index is 1.34. The number of hydrogen-bond acceptors (Lipinski definition) is 4. The van der Waals surface area contributed by atoms with Crippen LogP contribution in [-0.4, -0.2) is 41.4 Å². The Hall–Kier alpha value is -3.24. The van der Waals surface area contributed by atoms with E-state index in [9.17, 15) is 10.2 Å². The molecule has 2 aliphatic carbocycles. The van der Waals surface area contributed by atoms with Gasteiger partial charge in [-0.25, -0.2) is 0 Å². The first-order valence-corrected chi connectivity index (χ1v) is 12.8. The molecule has 1 aliphatic heterocycles. The number of aromatic hydroxyl groups is 2. The summed E-state index contributed by atoms with van der Waals surface area (Å²) in [5.74, 6) is 1.70. The van der Waals surface area contributed by atoms with E-state index in [0.717, 1.165) is 34.7 Å². The molecule has 3 aromatic carbocycles. The number of benzene rings is 3. The zero-order valence-electron chi connectivity index (χ0n) is 20.3. The summed E-state index contributed by atoms with van der Waals surface area (Å²) in [5.41, 5.74) is 4.69. The fraction of sp³-hybridized carbons (Fsp3) is 0.355. The molecule has 2 N–H and O–H groups in total. The first-order valence-electron chi connectivity index (χ1n) is 12.8. The minimum absolute atomic E-state index is 0.173. The van der Waals surface area contributed by atoms with Crippen LogP contribution in [0.1, 0.15) is 48.8 Å². The fourth-order valence-corrected chi connectivity index (χ4v) is 6.49. The van der Waals surface area contributed by atoms with Gasteiger partial charge in [0.25, 0.3) is 0 Å². The van der Waals surface area contributed by atoms with E-state index in [1.165, 1.54) is 49.1 Å². The number of fused-ring (bicyclic) bond motifs is 4. The Morgan fingerprint density at radius 2 is 1.66 bits per heavy atom. The molecule has 3 aromatic rings. The Bertz CT molecular complexity index is 1370. The third kappa shape index (κ3) is 4.00. The van der Waals surface area contributed by atoms with Crippen LogP contribution < -0.4 is 15.2 Å². The number of phenols is 2. The van der Waals surface area contributed by atoms with Gasteiger partial charge in [0.1, 0.15) is 23.9 Å². The van der Waals surface area contributed by atoms with Crippen molar-refractivity contribution < 1.29 is 14.9 Å². The number of piperidine rings is 1. The van der Waals surface area contributed by atoms with E-state index in [4.69, 9.17) is 4.74 Å². The predicted molar refractivity (Wildman–Crippen MR) is 139 cm³/mol. The average Bonchev–Trinajstić information content (AvgIpc) is 3.14. The summed E-state index contributed by atoms with van der Waals surface area (Å²) in [6.45, 7) is 6.37. The normalized spacial score (nSPS) is 23.2. The summed E-state index contributed by atoms with van der Waals surface area (Å²) >= 11 is 0.